The van der Waals surface area contributed by atoms with Crippen LogP contribution < -0.4 is 10.5 Å². The molecule has 0 radical (unpaired) electrons. The normalized spacial score (nSPS) is 10.7. The summed E-state index contributed by atoms with van der Waals surface area (Å²) in [6.07, 6.45) is 2.75. The molecule has 2 aromatic heterocycles. The summed E-state index contributed by atoms with van der Waals surface area (Å²) in [6.45, 7) is 2.06. The van der Waals surface area contributed by atoms with Gasteiger partial charge in [-0.25, -0.2) is 4.98 Å². The van der Waals surface area contributed by atoms with Gasteiger partial charge in [-0.3, -0.25) is 4.68 Å². The summed E-state index contributed by atoms with van der Waals surface area (Å²) in [5, 5.41) is 5.92. The largest absolute Gasteiger partial charge is 0.479 e. The van der Waals surface area contributed by atoms with E-state index in [0.29, 0.717) is 10.9 Å². The molecule has 0 bridgehead atoms. The lowest BCUT2D eigenvalue weighted by atomic mass is 10.2. The first-order chi connectivity index (χ1) is 7.65. The van der Waals surface area contributed by atoms with E-state index in [1.807, 2.05) is 13.2 Å². The van der Waals surface area contributed by atoms with Gasteiger partial charge in [0, 0.05) is 13.2 Å². The molecule has 2 aromatic rings. The number of anilines is 1. The molecule has 0 saturated carbocycles. The number of hydrogen-bond acceptors (Lipinski definition) is 5. The highest BCUT2D eigenvalue weighted by Crippen LogP contribution is 2.35. The predicted octanol–water partition coefficient (Wildman–Crippen LogP) is 1.70. The van der Waals surface area contributed by atoms with Crippen molar-refractivity contribution in [3.63, 3.8) is 0 Å². The van der Waals surface area contributed by atoms with Crippen LogP contribution in [0.15, 0.2) is 6.20 Å². The third-order valence-corrected chi connectivity index (χ3v) is 3.27. The van der Waals surface area contributed by atoms with E-state index in [1.165, 1.54) is 11.3 Å². The van der Waals surface area contributed by atoms with Crippen LogP contribution in [-0.2, 0) is 13.5 Å². The molecule has 2 N–H and O–H groups in total. The van der Waals surface area contributed by atoms with Crippen LogP contribution in [0.25, 0.3) is 11.3 Å². The quantitative estimate of drug-likeness (QED) is 0.883. The van der Waals surface area contributed by atoms with Crippen LogP contribution in [0.4, 0.5) is 5.00 Å². The van der Waals surface area contributed by atoms with Gasteiger partial charge >= 0.3 is 0 Å². The first kappa shape index (κ1) is 10.9. The number of aryl methyl sites for hydroxylation is 2. The maximum absolute atomic E-state index is 5.95. The Hall–Kier alpha value is -1.56. The van der Waals surface area contributed by atoms with Gasteiger partial charge < -0.3 is 10.5 Å². The Labute approximate surface area is 97.9 Å². The average molecular weight is 238 g/mol. The van der Waals surface area contributed by atoms with Crippen LogP contribution in [-0.4, -0.2) is 21.9 Å². The number of hydrogen-bond donors (Lipinski definition) is 1. The lowest BCUT2D eigenvalue weighted by Gasteiger charge is -1.97. The van der Waals surface area contributed by atoms with Gasteiger partial charge in [0.1, 0.15) is 10.7 Å². The average Bonchev–Trinajstić information content (AvgIpc) is 2.81. The van der Waals surface area contributed by atoms with Crippen LogP contribution in [0, 0.1) is 0 Å². The second kappa shape index (κ2) is 4.13. The first-order valence-electron chi connectivity index (χ1n) is 4.98. The van der Waals surface area contributed by atoms with E-state index in [2.05, 4.69) is 17.0 Å². The Morgan fingerprint density at radius 1 is 1.56 bits per heavy atom. The summed E-state index contributed by atoms with van der Waals surface area (Å²) in [5.41, 5.74) is 7.56. The van der Waals surface area contributed by atoms with Crippen molar-refractivity contribution in [2.75, 3.05) is 12.8 Å². The highest BCUT2D eigenvalue weighted by atomic mass is 32.1. The van der Waals surface area contributed by atoms with Crippen molar-refractivity contribution in [1.29, 1.82) is 0 Å². The fraction of sp³-hybridized carbons (Fsp3) is 0.400. The van der Waals surface area contributed by atoms with Crippen molar-refractivity contribution in [1.82, 2.24) is 14.8 Å². The van der Waals surface area contributed by atoms with Crippen LogP contribution in [0.5, 0.6) is 5.88 Å². The molecule has 0 aliphatic heterocycles. The lowest BCUT2D eigenvalue weighted by molar-refractivity contribution is 0.393. The molecule has 0 saturated heterocycles. The minimum Gasteiger partial charge on any atom is -0.479 e. The number of nitrogen functional groups attached to an aromatic ring is 1. The van der Waals surface area contributed by atoms with Gasteiger partial charge in [0.15, 0.2) is 0 Å². The lowest BCUT2D eigenvalue weighted by Crippen LogP contribution is -1.90. The molecular weight excluding hydrogens is 224 g/mol. The first-order valence-corrected chi connectivity index (χ1v) is 5.80. The number of aromatic nitrogens is 3. The van der Waals surface area contributed by atoms with Crippen molar-refractivity contribution >= 4 is 16.3 Å². The predicted molar refractivity (Wildman–Crippen MR) is 64.7 cm³/mol. The van der Waals surface area contributed by atoms with Crippen molar-refractivity contribution in [3.8, 4) is 17.1 Å². The van der Waals surface area contributed by atoms with Crippen LogP contribution in [0.1, 0.15) is 11.9 Å². The SMILES string of the molecule is CCc1nc(-c2cn(C)nc2OC)c(N)s1. The summed E-state index contributed by atoms with van der Waals surface area (Å²) in [5.74, 6) is 0.558. The zero-order chi connectivity index (χ0) is 11.7. The second-order valence-electron chi connectivity index (χ2n) is 3.40. The molecule has 2 heterocycles. The van der Waals surface area contributed by atoms with Crippen LogP contribution in [0.2, 0.25) is 0 Å². The fourth-order valence-electron chi connectivity index (χ4n) is 1.50. The molecule has 0 unspecified atom stereocenters. The number of ether oxygens (including phenoxy) is 1. The minimum absolute atomic E-state index is 0.558. The monoisotopic (exact) mass is 238 g/mol. The number of thiazole rings is 1. The summed E-state index contributed by atoms with van der Waals surface area (Å²) >= 11 is 1.51. The van der Waals surface area contributed by atoms with E-state index in [1.54, 1.807) is 11.8 Å². The van der Waals surface area contributed by atoms with Crippen LogP contribution in [0.3, 0.4) is 0 Å². The smallest absolute Gasteiger partial charge is 0.242 e. The molecule has 0 amide bonds. The number of methoxy groups -OCH3 is 1. The van der Waals surface area contributed by atoms with E-state index in [0.717, 1.165) is 22.7 Å². The Morgan fingerprint density at radius 2 is 2.31 bits per heavy atom. The molecule has 6 heteroatoms. The van der Waals surface area contributed by atoms with Crippen LogP contribution >= 0.6 is 11.3 Å². The highest BCUT2D eigenvalue weighted by molar-refractivity contribution is 7.16. The Morgan fingerprint density at radius 3 is 2.88 bits per heavy atom. The Kier molecular flexibility index (Phi) is 2.82. The van der Waals surface area contributed by atoms with Gasteiger partial charge in [0.2, 0.25) is 5.88 Å². The van der Waals surface area contributed by atoms with Crippen molar-refractivity contribution in [2.24, 2.45) is 7.05 Å². The van der Waals surface area contributed by atoms with Gasteiger partial charge in [-0.05, 0) is 6.42 Å². The molecule has 0 fully saturated rings. The maximum atomic E-state index is 5.95. The van der Waals surface area contributed by atoms with E-state index in [4.69, 9.17) is 10.5 Å². The zero-order valence-electron chi connectivity index (χ0n) is 9.52. The maximum Gasteiger partial charge on any atom is 0.242 e. The molecule has 0 aromatic carbocycles. The standard InChI is InChI=1S/C10H14N4OS/c1-4-7-12-8(9(11)16-7)6-5-14(2)13-10(6)15-3/h5H,4,11H2,1-3H3. The molecule has 0 aliphatic carbocycles. The molecule has 5 nitrogen and oxygen atoms in total. The highest BCUT2D eigenvalue weighted by Gasteiger charge is 2.17. The Balaban J connectivity index is 2.52. The third-order valence-electron chi connectivity index (χ3n) is 2.24. The van der Waals surface area contributed by atoms with E-state index < -0.39 is 0 Å². The molecule has 16 heavy (non-hydrogen) atoms. The minimum atomic E-state index is 0.558. The summed E-state index contributed by atoms with van der Waals surface area (Å²) in [4.78, 5) is 4.48. The number of nitrogens with zero attached hydrogens (tertiary/aromatic N) is 3. The molecule has 86 valence electrons. The fourth-order valence-corrected chi connectivity index (χ4v) is 2.29. The van der Waals surface area contributed by atoms with E-state index >= 15 is 0 Å². The second-order valence-corrected chi connectivity index (χ2v) is 4.51. The van der Waals surface area contributed by atoms with E-state index in [9.17, 15) is 0 Å². The summed E-state index contributed by atoms with van der Waals surface area (Å²) in [6, 6.07) is 0. The molecule has 0 spiro atoms. The summed E-state index contributed by atoms with van der Waals surface area (Å²) in [7, 11) is 3.43. The zero-order valence-corrected chi connectivity index (χ0v) is 10.3. The Bertz CT molecular complexity index is 503. The van der Waals surface area contributed by atoms with Gasteiger partial charge in [-0.1, -0.05) is 6.92 Å². The van der Waals surface area contributed by atoms with Crippen molar-refractivity contribution < 1.29 is 4.74 Å². The van der Waals surface area contributed by atoms with Crippen molar-refractivity contribution in [2.45, 2.75) is 13.3 Å². The van der Waals surface area contributed by atoms with E-state index in [-0.39, 0.29) is 0 Å². The van der Waals surface area contributed by atoms with Gasteiger partial charge in [0.05, 0.1) is 17.7 Å². The van der Waals surface area contributed by atoms with Crippen molar-refractivity contribution in [3.05, 3.63) is 11.2 Å². The third kappa shape index (κ3) is 1.76. The molecular formula is C10H14N4OS. The number of rotatable bonds is 3. The molecule has 0 aliphatic rings. The summed E-state index contributed by atoms with van der Waals surface area (Å²) < 4.78 is 6.89. The van der Waals surface area contributed by atoms with Gasteiger partial charge in [-0.2, -0.15) is 0 Å². The topological polar surface area (TPSA) is 66.0 Å². The molecule has 0 atom stereocenters. The number of nitrogens with two attached hydrogens (primary N) is 1. The van der Waals surface area contributed by atoms with Gasteiger partial charge in [-0.15, -0.1) is 16.4 Å². The molecule has 2 rings (SSSR count). The van der Waals surface area contributed by atoms with Gasteiger partial charge in [0.25, 0.3) is 0 Å².